The maximum absolute atomic E-state index is 11.1. The Hall–Kier alpha value is -2.18. The Morgan fingerprint density at radius 2 is 2.26 bits per heavy atom. The highest BCUT2D eigenvalue weighted by Crippen LogP contribution is 2.21. The SMILES string of the molecule is CCN(CCC(=O)OC)c1cc(C)c([N+](=O)[O-])cn1. The first-order chi connectivity index (χ1) is 8.99. The molecule has 0 aliphatic rings. The molecule has 0 unspecified atom stereocenters. The quantitative estimate of drug-likeness (QED) is 0.443. The van der Waals surface area contributed by atoms with Gasteiger partial charge in [-0.1, -0.05) is 0 Å². The molecule has 0 radical (unpaired) electrons. The Kier molecular flexibility index (Phi) is 5.23. The van der Waals surface area contributed by atoms with Crippen molar-refractivity contribution in [2.45, 2.75) is 20.3 Å². The lowest BCUT2D eigenvalue weighted by molar-refractivity contribution is -0.385. The highest BCUT2D eigenvalue weighted by molar-refractivity contribution is 5.70. The van der Waals surface area contributed by atoms with Crippen LogP contribution in [0.15, 0.2) is 12.3 Å². The van der Waals surface area contributed by atoms with Crippen LogP contribution < -0.4 is 4.90 Å². The molecule has 0 amide bonds. The van der Waals surface area contributed by atoms with Crippen molar-refractivity contribution in [1.82, 2.24) is 4.98 Å². The molecule has 1 aromatic heterocycles. The smallest absolute Gasteiger partial charge is 0.307 e. The maximum atomic E-state index is 11.1. The predicted molar refractivity (Wildman–Crippen MR) is 70.1 cm³/mol. The number of aryl methyl sites for hydroxylation is 1. The van der Waals surface area contributed by atoms with Crippen molar-refractivity contribution >= 4 is 17.5 Å². The minimum absolute atomic E-state index is 0.00669. The van der Waals surface area contributed by atoms with Gasteiger partial charge in [0.15, 0.2) is 0 Å². The molecule has 0 saturated carbocycles. The summed E-state index contributed by atoms with van der Waals surface area (Å²) in [4.78, 5) is 27.3. The van der Waals surface area contributed by atoms with E-state index in [-0.39, 0.29) is 18.1 Å². The number of rotatable bonds is 6. The fourth-order valence-corrected chi connectivity index (χ4v) is 1.66. The van der Waals surface area contributed by atoms with Crippen LogP contribution in [0.3, 0.4) is 0 Å². The van der Waals surface area contributed by atoms with Crippen LogP contribution in [0.1, 0.15) is 18.9 Å². The number of carbonyl (C=O) groups excluding carboxylic acids is 1. The average Bonchev–Trinajstić information content (AvgIpc) is 2.38. The van der Waals surface area contributed by atoms with Crippen LogP contribution in [-0.2, 0) is 9.53 Å². The molecule has 0 atom stereocenters. The Morgan fingerprint density at radius 1 is 1.58 bits per heavy atom. The summed E-state index contributed by atoms with van der Waals surface area (Å²) in [5, 5.41) is 10.7. The molecule has 0 spiro atoms. The van der Waals surface area contributed by atoms with Crippen LogP contribution in [-0.4, -0.2) is 36.1 Å². The van der Waals surface area contributed by atoms with Gasteiger partial charge in [0.1, 0.15) is 12.0 Å². The molecule has 0 saturated heterocycles. The van der Waals surface area contributed by atoms with Crippen molar-refractivity contribution < 1.29 is 14.5 Å². The van der Waals surface area contributed by atoms with E-state index in [1.54, 1.807) is 13.0 Å². The monoisotopic (exact) mass is 267 g/mol. The summed E-state index contributed by atoms with van der Waals surface area (Å²) in [7, 11) is 1.34. The number of esters is 1. The van der Waals surface area contributed by atoms with Crippen LogP contribution >= 0.6 is 0 Å². The lowest BCUT2D eigenvalue weighted by atomic mass is 10.2. The van der Waals surface area contributed by atoms with Gasteiger partial charge in [-0.15, -0.1) is 0 Å². The first kappa shape index (κ1) is 14.9. The topological polar surface area (TPSA) is 85.6 Å². The Bertz CT molecular complexity index is 476. The van der Waals surface area contributed by atoms with E-state index >= 15 is 0 Å². The molecule has 1 heterocycles. The fraction of sp³-hybridized carbons (Fsp3) is 0.500. The highest BCUT2D eigenvalue weighted by atomic mass is 16.6. The molecule has 19 heavy (non-hydrogen) atoms. The molecule has 0 aromatic carbocycles. The van der Waals surface area contributed by atoms with E-state index in [0.717, 1.165) is 0 Å². The molecule has 0 aliphatic heterocycles. The van der Waals surface area contributed by atoms with Crippen LogP contribution in [0.5, 0.6) is 0 Å². The third kappa shape index (κ3) is 3.90. The number of ether oxygens (including phenoxy) is 1. The first-order valence-corrected chi connectivity index (χ1v) is 5.92. The lowest BCUT2D eigenvalue weighted by Gasteiger charge is -2.21. The van der Waals surface area contributed by atoms with Crippen molar-refractivity contribution in [2.24, 2.45) is 0 Å². The molecular formula is C12H17N3O4. The Morgan fingerprint density at radius 3 is 2.74 bits per heavy atom. The van der Waals surface area contributed by atoms with E-state index < -0.39 is 4.92 Å². The van der Waals surface area contributed by atoms with E-state index in [4.69, 9.17) is 0 Å². The van der Waals surface area contributed by atoms with Crippen LogP contribution in [0.25, 0.3) is 0 Å². The van der Waals surface area contributed by atoms with E-state index in [2.05, 4.69) is 9.72 Å². The van der Waals surface area contributed by atoms with Gasteiger partial charge in [-0.25, -0.2) is 4.98 Å². The number of hydrogen-bond donors (Lipinski definition) is 0. The van der Waals surface area contributed by atoms with Crippen molar-refractivity contribution in [3.8, 4) is 0 Å². The molecule has 7 nitrogen and oxygen atoms in total. The summed E-state index contributed by atoms with van der Waals surface area (Å²) < 4.78 is 4.58. The molecule has 0 fully saturated rings. The van der Waals surface area contributed by atoms with E-state index in [1.165, 1.54) is 13.3 Å². The number of hydrogen-bond acceptors (Lipinski definition) is 6. The van der Waals surface area contributed by atoms with E-state index in [9.17, 15) is 14.9 Å². The van der Waals surface area contributed by atoms with Gasteiger partial charge in [-0.05, 0) is 19.9 Å². The van der Waals surface area contributed by atoms with Gasteiger partial charge in [0.25, 0.3) is 5.69 Å². The minimum Gasteiger partial charge on any atom is -0.469 e. The summed E-state index contributed by atoms with van der Waals surface area (Å²) in [6.45, 7) is 4.71. The van der Waals surface area contributed by atoms with Gasteiger partial charge in [0.2, 0.25) is 0 Å². The van der Waals surface area contributed by atoms with Gasteiger partial charge in [-0.2, -0.15) is 0 Å². The third-order valence-corrected chi connectivity index (χ3v) is 2.78. The fourth-order valence-electron chi connectivity index (χ4n) is 1.66. The summed E-state index contributed by atoms with van der Waals surface area (Å²) in [6.07, 6.45) is 1.49. The molecule has 7 heteroatoms. The normalized spacial score (nSPS) is 10.1. The number of nitrogens with zero attached hydrogens (tertiary/aromatic N) is 3. The lowest BCUT2D eigenvalue weighted by Crippen LogP contribution is -2.27. The van der Waals surface area contributed by atoms with Gasteiger partial charge in [0, 0.05) is 18.7 Å². The number of pyridine rings is 1. The van der Waals surface area contributed by atoms with Gasteiger partial charge in [0.05, 0.1) is 18.5 Å². The number of carbonyl (C=O) groups is 1. The minimum atomic E-state index is -0.461. The zero-order valence-corrected chi connectivity index (χ0v) is 11.3. The second-order valence-electron chi connectivity index (χ2n) is 3.99. The number of methoxy groups -OCH3 is 1. The Balaban J connectivity index is 2.84. The van der Waals surface area contributed by atoms with Crippen LogP contribution in [0.4, 0.5) is 11.5 Å². The number of aromatic nitrogens is 1. The summed E-state index contributed by atoms with van der Waals surface area (Å²) in [5.41, 5.74) is 0.541. The number of anilines is 1. The summed E-state index contributed by atoms with van der Waals surface area (Å²) in [6, 6.07) is 1.65. The highest BCUT2D eigenvalue weighted by Gasteiger charge is 2.15. The number of nitro groups is 1. The predicted octanol–water partition coefficient (Wildman–Crippen LogP) is 1.69. The largest absolute Gasteiger partial charge is 0.469 e. The molecule has 104 valence electrons. The standard InChI is InChI=1S/C12H17N3O4/c1-4-14(6-5-12(16)19-3)11-7-9(2)10(8-13-11)15(17)18/h7-8H,4-6H2,1-3H3. The maximum Gasteiger partial charge on any atom is 0.307 e. The molecule has 0 aliphatic carbocycles. The van der Waals surface area contributed by atoms with Crippen LogP contribution in [0.2, 0.25) is 0 Å². The zero-order chi connectivity index (χ0) is 14.4. The molecular weight excluding hydrogens is 250 g/mol. The molecule has 0 bridgehead atoms. The first-order valence-electron chi connectivity index (χ1n) is 5.92. The van der Waals surface area contributed by atoms with Crippen molar-refractivity contribution in [3.05, 3.63) is 27.9 Å². The van der Waals surface area contributed by atoms with Gasteiger partial charge < -0.3 is 9.64 Å². The van der Waals surface area contributed by atoms with E-state index in [1.807, 2.05) is 11.8 Å². The van der Waals surface area contributed by atoms with E-state index in [0.29, 0.717) is 24.5 Å². The summed E-state index contributed by atoms with van der Waals surface area (Å²) >= 11 is 0. The van der Waals surface area contributed by atoms with Crippen molar-refractivity contribution in [2.75, 3.05) is 25.1 Å². The van der Waals surface area contributed by atoms with Gasteiger partial charge >= 0.3 is 5.97 Å². The van der Waals surface area contributed by atoms with Crippen molar-refractivity contribution in [1.29, 1.82) is 0 Å². The van der Waals surface area contributed by atoms with Gasteiger partial charge in [-0.3, -0.25) is 14.9 Å². The third-order valence-electron chi connectivity index (χ3n) is 2.78. The molecule has 0 N–H and O–H groups in total. The summed E-state index contributed by atoms with van der Waals surface area (Å²) in [5.74, 6) is 0.326. The second kappa shape index (κ2) is 6.67. The second-order valence-corrected chi connectivity index (χ2v) is 3.99. The van der Waals surface area contributed by atoms with Crippen LogP contribution in [0, 0.1) is 17.0 Å². The molecule has 1 rings (SSSR count). The average molecular weight is 267 g/mol. The zero-order valence-electron chi connectivity index (χ0n) is 11.3. The Labute approximate surface area is 111 Å². The molecule has 1 aromatic rings. The van der Waals surface area contributed by atoms with Crippen molar-refractivity contribution in [3.63, 3.8) is 0 Å².